The summed E-state index contributed by atoms with van der Waals surface area (Å²) in [4.78, 5) is 40.3. The Kier molecular flexibility index (Phi) is 12.6. The van der Waals surface area contributed by atoms with Gasteiger partial charge in [-0.05, 0) is 58.1 Å². The van der Waals surface area contributed by atoms with Gasteiger partial charge in [0.15, 0.2) is 6.10 Å². The minimum atomic E-state index is -1.30. The molecule has 0 aromatic heterocycles. The van der Waals surface area contributed by atoms with Crippen LogP contribution >= 0.6 is 0 Å². The quantitative estimate of drug-likeness (QED) is 0.0881. The fraction of sp³-hybridized carbons (Fsp3) is 0.750. The van der Waals surface area contributed by atoms with Gasteiger partial charge in [0.05, 0.1) is 36.4 Å². The molecule has 12 atom stereocenters. The summed E-state index contributed by atoms with van der Waals surface area (Å²) in [5.41, 5.74) is -1.78. The number of fused-ring (bicyclic) bond motifs is 2. The van der Waals surface area contributed by atoms with E-state index in [-0.39, 0.29) is 49.5 Å². The lowest BCUT2D eigenvalue weighted by molar-refractivity contribution is -0.168. The highest BCUT2D eigenvalue weighted by atomic mass is 16.6. The Balaban J connectivity index is 1.52. The average Bonchev–Trinajstić information content (AvgIpc) is 3.40. The van der Waals surface area contributed by atoms with Gasteiger partial charge in [-0.1, -0.05) is 45.1 Å². The number of carbonyl (C=O) groups is 3. The van der Waals surface area contributed by atoms with Crippen LogP contribution < -0.4 is 5.32 Å². The first-order valence-electron chi connectivity index (χ1n) is 17.4. The van der Waals surface area contributed by atoms with Gasteiger partial charge in [0.1, 0.15) is 11.7 Å². The highest BCUT2D eigenvalue weighted by Gasteiger charge is 2.48. The molecule has 2 bridgehead atoms. The van der Waals surface area contributed by atoms with E-state index in [9.17, 15) is 29.7 Å². The van der Waals surface area contributed by atoms with Crippen molar-refractivity contribution in [3.63, 3.8) is 0 Å². The van der Waals surface area contributed by atoms with Gasteiger partial charge >= 0.3 is 18.0 Å². The number of hydrogen-bond acceptors (Lipinski definition) is 11. The molecule has 0 aliphatic carbocycles. The van der Waals surface area contributed by atoms with Gasteiger partial charge in [-0.15, -0.1) is 0 Å². The zero-order valence-electron chi connectivity index (χ0n) is 29.5. The van der Waals surface area contributed by atoms with Crippen LogP contribution in [0.25, 0.3) is 0 Å². The minimum Gasteiger partial charge on any atom is -0.457 e. The number of amides is 1. The topological polar surface area (TPSA) is 167 Å². The smallest absolute Gasteiger partial charge is 0.410 e. The Labute approximate surface area is 284 Å². The van der Waals surface area contributed by atoms with Gasteiger partial charge in [-0.2, -0.15) is 0 Å². The van der Waals surface area contributed by atoms with Crippen LogP contribution in [0.1, 0.15) is 87.0 Å². The number of epoxide rings is 1. The van der Waals surface area contributed by atoms with Crippen molar-refractivity contribution in [2.45, 2.75) is 147 Å². The highest BCUT2D eigenvalue weighted by molar-refractivity contribution is 5.71. The molecule has 4 aliphatic heterocycles. The van der Waals surface area contributed by atoms with Crippen molar-refractivity contribution in [1.29, 1.82) is 0 Å². The van der Waals surface area contributed by atoms with E-state index in [0.29, 0.717) is 31.5 Å². The van der Waals surface area contributed by atoms with Crippen LogP contribution in [0.3, 0.4) is 0 Å². The van der Waals surface area contributed by atoms with Crippen molar-refractivity contribution in [2.75, 3.05) is 13.1 Å². The zero-order chi connectivity index (χ0) is 35.4. The normalized spacial score (nSPS) is 37.5. The number of hydrogen-bond donors (Lipinski definition) is 4. The molecule has 0 aromatic rings. The van der Waals surface area contributed by atoms with Gasteiger partial charge < -0.3 is 44.5 Å². The maximum Gasteiger partial charge on any atom is 0.410 e. The van der Waals surface area contributed by atoms with Gasteiger partial charge in [-0.3, -0.25) is 9.59 Å². The van der Waals surface area contributed by atoms with Crippen LogP contribution in [0.4, 0.5) is 4.79 Å². The Morgan fingerprint density at radius 1 is 1.29 bits per heavy atom. The molecule has 12 heteroatoms. The average molecular weight is 677 g/mol. The highest BCUT2D eigenvalue weighted by Crippen LogP contribution is 2.38. The van der Waals surface area contributed by atoms with Gasteiger partial charge in [0.2, 0.25) is 0 Å². The molecule has 4 aliphatic rings. The molecule has 4 heterocycles. The lowest BCUT2D eigenvalue weighted by Crippen LogP contribution is -2.51. The first-order chi connectivity index (χ1) is 22.5. The third kappa shape index (κ3) is 9.90. The van der Waals surface area contributed by atoms with Crippen LogP contribution in [-0.2, 0) is 28.5 Å². The van der Waals surface area contributed by atoms with Crippen LogP contribution in [0.15, 0.2) is 36.0 Å². The van der Waals surface area contributed by atoms with E-state index in [1.807, 2.05) is 27.7 Å². The molecule has 3 saturated heterocycles. The summed E-state index contributed by atoms with van der Waals surface area (Å²) < 4.78 is 23.5. The first-order valence-corrected chi connectivity index (χ1v) is 17.4. The summed E-state index contributed by atoms with van der Waals surface area (Å²) in [6.07, 6.45) is 6.52. The lowest BCUT2D eigenvalue weighted by atomic mass is 9.88. The molecule has 0 spiro atoms. The first kappa shape index (κ1) is 38.0. The molecule has 270 valence electrons. The van der Waals surface area contributed by atoms with E-state index >= 15 is 0 Å². The second kappa shape index (κ2) is 15.8. The van der Waals surface area contributed by atoms with Crippen molar-refractivity contribution in [1.82, 2.24) is 10.2 Å². The predicted molar refractivity (Wildman–Crippen MR) is 178 cm³/mol. The van der Waals surface area contributed by atoms with E-state index < -0.39 is 59.6 Å². The number of esters is 2. The number of likely N-dealkylation sites (tertiary alicyclic amines) is 1. The van der Waals surface area contributed by atoms with Crippen molar-refractivity contribution in [3.8, 4) is 0 Å². The third-order valence-corrected chi connectivity index (χ3v) is 10.2. The summed E-state index contributed by atoms with van der Waals surface area (Å²) in [5.74, 6) is -1.56. The summed E-state index contributed by atoms with van der Waals surface area (Å²) in [5, 5.41) is 35.3. The van der Waals surface area contributed by atoms with Gasteiger partial charge in [0.25, 0.3) is 0 Å². The van der Waals surface area contributed by atoms with Crippen LogP contribution in [0, 0.1) is 11.8 Å². The number of ether oxygens (including phenoxy) is 4. The number of piperazine rings is 1. The molecular weight excluding hydrogens is 620 g/mol. The number of carbonyl (C=O) groups excluding carboxylic acids is 3. The Morgan fingerprint density at radius 2 is 2.02 bits per heavy atom. The molecule has 48 heavy (non-hydrogen) atoms. The minimum absolute atomic E-state index is 0.0200. The number of cyclic esters (lactones) is 1. The summed E-state index contributed by atoms with van der Waals surface area (Å²) in [6.45, 7) is 13.4. The van der Waals surface area contributed by atoms with E-state index in [0.717, 1.165) is 6.42 Å². The second-order valence-corrected chi connectivity index (χ2v) is 14.7. The van der Waals surface area contributed by atoms with Crippen molar-refractivity contribution in [3.05, 3.63) is 36.0 Å². The van der Waals surface area contributed by atoms with E-state index in [1.54, 1.807) is 49.1 Å². The number of rotatable bonds is 10. The standard InChI is InChI=1S/C36H56N2O10/c1-8-28(41)23(4)33-29(45-33)18-35(6,44)14-9-10-21(2)32-22(3)11-12-30(46-34(43)38-20-25-16-26(38)19-37-25)36(7,48-24(5)39)15-13-27(40)17-31(42)47-32/h9-12,14,22-23,25-30,32-33,37,40-41,44H,8,13,15-20H2,1-7H3/b12-11+,14-9+,21-10+/t22-,23+,25+,26+,27+,28-,29+,30-,32+,33+,35?,36+/m0/s1. The van der Waals surface area contributed by atoms with E-state index in [1.165, 1.54) is 6.92 Å². The summed E-state index contributed by atoms with van der Waals surface area (Å²) >= 11 is 0. The second-order valence-electron chi connectivity index (χ2n) is 14.7. The van der Waals surface area contributed by atoms with E-state index in [4.69, 9.17) is 18.9 Å². The zero-order valence-corrected chi connectivity index (χ0v) is 29.5. The van der Waals surface area contributed by atoms with Gasteiger partial charge in [0, 0.05) is 50.4 Å². The molecule has 12 nitrogen and oxygen atoms in total. The molecule has 1 amide bonds. The van der Waals surface area contributed by atoms with Crippen LogP contribution in [-0.4, -0.2) is 111 Å². The molecule has 0 radical (unpaired) electrons. The maximum absolute atomic E-state index is 13.4. The summed E-state index contributed by atoms with van der Waals surface area (Å²) in [6, 6.07) is 0.273. The Morgan fingerprint density at radius 3 is 2.65 bits per heavy atom. The molecule has 0 saturated carbocycles. The van der Waals surface area contributed by atoms with Crippen LogP contribution in [0.5, 0.6) is 0 Å². The summed E-state index contributed by atoms with van der Waals surface area (Å²) in [7, 11) is 0. The molecule has 3 fully saturated rings. The molecular formula is C36H56N2O10. The number of aliphatic hydroxyl groups excluding tert-OH is 2. The van der Waals surface area contributed by atoms with Crippen molar-refractivity contribution < 1.29 is 48.7 Å². The van der Waals surface area contributed by atoms with Crippen molar-refractivity contribution in [2.24, 2.45) is 11.8 Å². The molecule has 4 rings (SSSR count). The van der Waals surface area contributed by atoms with Gasteiger partial charge in [-0.25, -0.2) is 4.79 Å². The molecule has 0 aromatic carbocycles. The predicted octanol–water partition coefficient (Wildman–Crippen LogP) is 3.33. The Bertz CT molecular complexity index is 1250. The molecule has 4 N–H and O–H groups in total. The van der Waals surface area contributed by atoms with Crippen molar-refractivity contribution >= 4 is 18.0 Å². The number of nitrogens with one attached hydrogen (secondary N) is 1. The largest absolute Gasteiger partial charge is 0.457 e. The molecule has 1 unspecified atom stereocenters. The fourth-order valence-corrected chi connectivity index (χ4v) is 7.19. The lowest BCUT2D eigenvalue weighted by Gasteiger charge is -2.37. The number of aliphatic hydroxyl groups is 3. The monoisotopic (exact) mass is 676 g/mol. The number of allylic oxidation sites excluding steroid dienone is 2. The maximum atomic E-state index is 13.4. The fourth-order valence-electron chi connectivity index (χ4n) is 7.19. The Hall–Kier alpha value is -2.77. The third-order valence-electron chi connectivity index (χ3n) is 10.2. The van der Waals surface area contributed by atoms with E-state index in [2.05, 4.69) is 5.32 Å². The number of nitrogens with zero attached hydrogens (tertiary/aromatic N) is 1. The van der Waals surface area contributed by atoms with Crippen LogP contribution in [0.2, 0.25) is 0 Å². The SMILES string of the molecule is CC[C@H](O)[C@@H](C)[C@H]1O[C@@H]1CC(C)(O)/C=C/C=C(\C)[C@H]1OC(=O)C[C@H](O)CC[C@@](C)(OC(C)=O)[C@@H](OC(=O)N2C[C@H]3C[C@@H]2CN3)/C=C/[C@@H]1C.